The molecule has 0 bridgehead atoms. The highest BCUT2D eigenvalue weighted by molar-refractivity contribution is 7.48. The van der Waals surface area contributed by atoms with Crippen LogP contribution in [0.1, 0.15) is 53.7 Å². The van der Waals surface area contributed by atoms with Crippen molar-refractivity contribution in [2.45, 2.75) is 59.8 Å². The molecule has 1 aliphatic heterocycles. The van der Waals surface area contributed by atoms with Gasteiger partial charge in [0.1, 0.15) is 12.8 Å². The van der Waals surface area contributed by atoms with Crippen LogP contribution in [0, 0.1) is 5.41 Å². The van der Waals surface area contributed by atoms with Crippen LogP contribution >= 0.6 is 7.82 Å². The van der Waals surface area contributed by atoms with Gasteiger partial charge >= 0.3 is 19.8 Å². The van der Waals surface area contributed by atoms with Crippen molar-refractivity contribution in [3.63, 3.8) is 0 Å². The first-order valence-corrected chi connectivity index (χ1v) is 12.8. The van der Waals surface area contributed by atoms with Gasteiger partial charge < -0.3 is 19.9 Å². The number of carbonyl (C=O) groups is 2. The van der Waals surface area contributed by atoms with Crippen molar-refractivity contribution in [1.82, 2.24) is 19.5 Å². The van der Waals surface area contributed by atoms with Crippen LogP contribution < -0.4 is 10.5 Å². The Labute approximate surface area is 208 Å². The van der Waals surface area contributed by atoms with Gasteiger partial charge in [-0.3, -0.25) is 27.7 Å². The molecule has 1 fully saturated rings. The van der Waals surface area contributed by atoms with Crippen molar-refractivity contribution in [2.75, 3.05) is 32.2 Å². The van der Waals surface area contributed by atoms with Crippen molar-refractivity contribution in [1.29, 1.82) is 0 Å². The van der Waals surface area contributed by atoms with E-state index in [2.05, 4.69) is 15.0 Å². The van der Waals surface area contributed by atoms with E-state index in [-0.39, 0.29) is 49.2 Å². The van der Waals surface area contributed by atoms with Crippen molar-refractivity contribution >= 4 is 36.9 Å². The number of nitrogens with zero attached hydrogens (tertiary/aromatic N) is 4. The summed E-state index contributed by atoms with van der Waals surface area (Å²) in [7, 11) is -3.95. The predicted molar refractivity (Wildman–Crippen MR) is 126 cm³/mol. The molecule has 3 heterocycles. The molecular formula is C21H32N5O9P. The molecule has 36 heavy (non-hydrogen) atoms. The van der Waals surface area contributed by atoms with Crippen LogP contribution in [-0.4, -0.2) is 64.0 Å². The summed E-state index contributed by atoms with van der Waals surface area (Å²) in [4.78, 5) is 34.7. The monoisotopic (exact) mass is 529 g/mol. The van der Waals surface area contributed by atoms with Crippen molar-refractivity contribution in [3.05, 3.63) is 6.33 Å². The Balaban J connectivity index is 1.65. The van der Waals surface area contributed by atoms with Gasteiger partial charge in [-0.1, -0.05) is 20.8 Å². The number of aromatic nitrogens is 4. The predicted octanol–water partition coefficient (Wildman–Crippen LogP) is 2.78. The first kappa shape index (κ1) is 27.9. The number of ether oxygens (including phenoxy) is 3. The summed E-state index contributed by atoms with van der Waals surface area (Å²) in [6.07, 6.45) is 1.75. The van der Waals surface area contributed by atoms with Gasteiger partial charge in [-0.05, 0) is 18.3 Å². The quantitative estimate of drug-likeness (QED) is 0.256. The van der Waals surface area contributed by atoms with Gasteiger partial charge in [-0.2, -0.15) is 9.97 Å². The second-order valence-corrected chi connectivity index (χ2v) is 11.0. The van der Waals surface area contributed by atoms with Crippen molar-refractivity contribution in [2.24, 2.45) is 5.41 Å². The van der Waals surface area contributed by atoms with Crippen LogP contribution in [0.15, 0.2) is 6.33 Å². The number of fused-ring (bicyclic) bond motifs is 1. The van der Waals surface area contributed by atoms with E-state index in [9.17, 15) is 14.2 Å². The van der Waals surface area contributed by atoms with E-state index in [0.717, 1.165) is 0 Å². The number of nitrogens with two attached hydrogens (primary N) is 1. The largest absolute Gasteiger partial charge is 0.475 e. The minimum Gasteiger partial charge on any atom is -0.463 e. The maximum Gasteiger partial charge on any atom is 0.475 e. The number of anilines is 1. The van der Waals surface area contributed by atoms with Gasteiger partial charge in [0.15, 0.2) is 11.2 Å². The number of rotatable bonds is 11. The third-order valence-corrected chi connectivity index (χ3v) is 6.16. The van der Waals surface area contributed by atoms with Crippen LogP contribution in [0.5, 0.6) is 5.88 Å². The fraction of sp³-hybridized carbons (Fsp3) is 0.667. The smallest absolute Gasteiger partial charge is 0.463 e. The Hall–Kier alpha value is -2.64. The summed E-state index contributed by atoms with van der Waals surface area (Å²) in [6, 6.07) is 0. The molecule has 3 rings (SSSR count). The lowest BCUT2D eigenvalue weighted by Crippen LogP contribution is -2.20. The van der Waals surface area contributed by atoms with Gasteiger partial charge in [0.2, 0.25) is 5.95 Å². The van der Waals surface area contributed by atoms with Crippen LogP contribution in [-0.2, 0) is 37.2 Å². The summed E-state index contributed by atoms with van der Waals surface area (Å²) in [6.45, 7) is 8.08. The fourth-order valence-corrected chi connectivity index (χ4v) is 4.65. The number of hydrogen-bond donors (Lipinski definition) is 1. The zero-order valence-electron chi connectivity index (χ0n) is 21.0. The number of phosphoric ester groups is 1. The van der Waals surface area contributed by atoms with E-state index < -0.39 is 32.1 Å². The van der Waals surface area contributed by atoms with E-state index >= 15 is 0 Å². The summed E-state index contributed by atoms with van der Waals surface area (Å²) in [5.74, 6) is -1.16. The second kappa shape index (κ2) is 11.6. The molecule has 2 N–H and O–H groups in total. The van der Waals surface area contributed by atoms with E-state index in [1.807, 2.05) is 20.8 Å². The molecular weight excluding hydrogens is 497 g/mol. The Morgan fingerprint density at radius 1 is 1.14 bits per heavy atom. The third-order valence-electron chi connectivity index (χ3n) is 4.75. The van der Waals surface area contributed by atoms with E-state index in [4.69, 9.17) is 33.5 Å². The van der Waals surface area contributed by atoms with Crippen LogP contribution in [0.4, 0.5) is 5.95 Å². The third kappa shape index (κ3) is 7.93. The minimum absolute atomic E-state index is 0.0375. The average molecular weight is 529 g/mol. The first-order valence-electron chi connectivity index (χ1n) is 11.4. The van der Waals surface area contributed by atoms with Gasteiger partial charge in [0.05, 0.1) is 32.3 Å². The van der Waals surface area contributed by atoms with Crippen LogP contribution in [0.3, 0.4) is 0 Å². The Kier molecular flexibility index (Phi) is 9.01. The molecule has 14 nitrogen and oxygen atoms in total. The lowest BCUT2D eigenvalue weighted by Gasteiger charge is -2.24. The van der Waals surface area contributed by atoms with Crippen molar-refractivity contribution in [3.8, 4) is 5.88 Å². The molecule has 200 valence electrons. The summed E-state index contributed by atoms with van der Waals surface area (Å²) in [5, 5.41) is 0. The summed E-state index contributed by atoms with van der Waals surface area (Å²) in [5.41, 5.74) is 6.10. The van der Waals surface area contributed by atoms with Gasteiger partial charge in [0, 0.05) is 13.8 Å². The zero-order valence-corrected chi connectivity index (χ0v) is 21.9. The summed E-state index contributed by atoms with van der Waals surface area (Å²) < 4.78 is 47.2. The molecule has 1 unspecified atom stereocenters. The highest BCUT2D eigenvalue weighted by atomic mass is 31.2. The molecule has 0 aliphatic carbocycles. The number of hydrogen-bond acceptors (Lipinski definition) is 13. The molecule has 3 atom stereocenters. The Morgan fingerprint density at radius 3 is 2.56 bits per heavy atom. The Morgan fingerprint density at radius 2 is 1.89 bits per heavy atom. The minimum atomic E-state index is -3.95. The Bertz CT molecular complexity index is 1130. The van der Waals surface area contributed by atoms with E-state index in [1.165, 1.54) is 20.2 Å². The van der Waals surface area contributed by atoms with Gasteiger partial charge in [-0.25, -0.2) is 9.55 Å². The lowest BCUT2D eigenvalue weighted by molar-refractivity contribution is -0.142. The normalized spacial score (nSPS) is 19.8. The van der Waals surface area contributed by atoms with Crippen LogP contribution in [0.25, 0.3) is 11.2 Å². The molecule has 2 aromatic heterocycles. The second-order valence-electron chi connectivity index (χ2n) is 9.35. The maximum absolute atomic E-state index is 13.2. The molecule has 15 heteroatoms. The van der Waals surface area contributed by atoms with E-state index in [0.29, 0.717) is 18.5 Å². The zero-order chi connectivity index (χ0) is 26.5. The average Bonchev–Trinajstić information content (AvgIpc) is 3.40. The number of phosphoric acid groups is 1. The van der Waals surface area contributed by atoms with Gasteiger partial charge in [0.25, 0.3) is 5.88 Å². The topological polar surface area (TPSA) is 176 Å². The molecule has 2 aromatic rings. The van der Waals surface area contributed by atoms with Gasteiger partial charge in [-0.15, -0.1) is 0 Å². The highest BCUT2D eigenvalue weighted by Gasteiger charge is 2.34. The summed E-state index contributed by atoms with van der Waals surface area (Å²) >= 11 is 0. The highest BCUT2D eigenvalue weighted by Crippen LogP contribution is 2.51. The molecule has 0 saturated carbocycles. The molecule has 0 aromatic carbocycles. The SMILES string of the molecule is CC(=O)OCCOP(=O)(OC[C@@H]1CC[C@H](n2cnc3c(OC(C)=O)nc(N)nc32)O1)OCC(C)(C)C. The number of esters is 2. The van der Waals surface area contributed by atoms with Crippen LogP contribution in [0.2, 0.25) is 0 Å². The molecule has 0 amide bonds. The number of nitrogen functional groups attached to an aromatic ring is 1. The standard InChI is InChI=1S/C21H32N5O9P/c1-13(27)30-8-9-31-36(29,33-11-21(3,4)5)32-10-15-6-7-16(35-15)26-12-23-17-18(26)24-20(22)25-19(17)34-14(2)28/h12,15-16H,6-11H2,1-5H3,(H2,22,24,25)/t15-,16+,36?/m0/s1. The van der Waals surface area contributed by atoms with E-state index in [1.54, 1.807) is 4.57 Å². The maximum atomic E-state index is 13.2. The molecule has 0 spiro atoms. The molecule has 0 radical (unpaired) electrons. The number of imidazole rings is 1. The molecule has 1 saturated heterocycles. The molecule has 1 aliphatic rings. The first-order chi connectivity index (χ1) is 16.8. The van der Waals surface area contributed by atoms with Crippen molar-refractivity contribution < 1.29 is 41.9 Å². The fourth-order valence-electron chi connectivity index (χ4n) is 3.23. The lowest BCUT2D eigenvalue weighted by atomic mass is 9.99. The number of carbonyl (C=O) groups excluding carboxylic acids is 2.